The first-order valence-electron chi connectivity index (χ1n) is 23.6. The van der Waals surface area contributed by atoms with Crippen molar-refractivity contribution in [2.45, 2.75) is 13.5 Å². The highest BCUT2D eigenvalue weighted by Gasteiger charge is 2.19. The Morgan fingerprint density at radius 3 is 1.67 bits per heavy atom. The van der Waals surface area contributed by atoms with Crippen LogP contribution in [0.5, 0.6) is 0 Å². The molecule has 2 aromatic heterocycles. The Kier molecular flexibility index (Phi) is 13.7. The van der Waals surface area contributed by atoms with Crippen LogP contribution in [0.1, 0.15) is 50.2 Å². The van der Waals surface area contributed by atoms with E-state index in [4.69, 9.17) is 0 Å². The van der Waals surface area contributed by atoms with Crippen LogP contribution in [-0.2, 0) is 6.61 Å². The number of aromatic nitrogens is 2. The molecule has 4 nitrogen and oxygen atoms in total. The summed E-state index contributed by atoms with van der Waals surface area (Å²) in [6.07, 6.45) is 16.6. The van der Waals surface area contributed by atoms with E-state index in [1.807, 2.05) is 37.6 Å². The van der Waals surface area contributed by atoms with E-state index in [9.17, 15) is 5.11 Å². The molecule has 0 radical (unpaired) electrons. The Balaban J connectivity index is 1.14. The number of hydrogen-bond acceptors (Lipinski definition) is 4. The van der Waals surface area contributed by atoms with Crippen LogP contribution in [0.3, 0.4) is 0 Å². The lowest BCUT2D eigenvalue weighted by Crippen LogP contribution is -2.11. The van der Waals surface area contributed by atoms with E-state index < -0.39 is 0 Å². The monoisotopic (exact) mass is 901 g/mol. The molecule has 8 aromatic carbocycles. The van der Waals surface area contributed by atoms with Crippen molar-refractivity contribution in [3.63, 3.8) is 0 Å². The summed E-state index contributed by atoms with van der Waals surface area (Å²) in [4.78, 5) is 11.3. The molecule has 0 aliphatic heterocycles. The second-order valence-corrected chi connectivity index (χ2v) is 17.1. The lowest BCUT2D eigenvalue weighted by molar-refractivity contribution is 0.282. The molecule has 0 atom stereocenters. The van der Waals surface area contributed by atoms with Gasteiger partial charge in [0, 0.05) is 41.0 Å². The average Bonchev–Trinajstić information content (AvgIpc) is 3.42. The maximum absolute atomic E-state index is 10.1. The summed E-state index contributed by atoms with van der Waals surface area (Å²) in [7, 11) is 0. The van der Waals surface area contributed by atoms with Crippen LogP contribution in [0, 0.1) is 6.92 Å². The molecule has 4 heteroatoms. The van der Waals surface area contributed by atoms with E-state index >= 15 is 0 Å². The van der Waals surface area contributed by atoms with Crippen LogP contribution >= 0.6 is 0 Å². The fraction of sp³-hybridized carbons (Fsp3) is 0.0303. The highest BCUT2D eigenvalue weighted by molar-refractivity contribution is 6.08. The first-order valence-corrected chi connectivity index (χ1v) is 23.6. The third-order valence-corrected chi connectivity index (χ3v) is 12.5. The Morgan fingerprint density at radius 2 is 1.09 bits per heavy atom. The van der Waals surface area contributed by atoms with Gasteiger partial charge in [-0.05, 0) is 145 Å². The van der Waals surface area contributed by atoms with Gasteiger partial charge >= 0.3 is 0 Å². The number of aliphatic hydroxyl groups excluding tert-OH is 1. The van der Waals surface area contributed by atoms with Crippen LogP contribution < -0.4 is 4.90 Å². The maximum Gasteiger partial charge on any atom is 0.0681 e. The molecule has 0 unspecified atom stereocenters. The second-order valence-electron chi connectivity index (χ2n) is 17.1. The van der Waals surface area contributed by atoms with Gasteiger partial charge in [0.15, 0.2) is 0 Å². The van der Waals surface area contributed by atoms with Gasteiger partial charge in [-0.15, -0.1) is 0 Å². The van der Waals surface area contributed by atoms with E-state index in [1.54, 1.807) is 0 Å². The smallest absolute Gasteiger partial charge is 0.0681 e. The molecule has 0 aliphatic rings. The van der Waals surface area contributed by atoms with Gasteiger partial charge in [0.05, 0.1) is 12.3 Å². The summed E-state index contributed by atoms with van der Waals surface area (Å²) in [5.41, 5.74) is 18.1. The van der Waals surface area contributed by atoms with E-state index in [1.165, 1.54) is 11.1 Å². The van der Waals surface area contributed by atoms with Crippen LogP contribution in [0.15, 0.2) is 261 Å². The van der Waals surface area contributed by atoms with Crippen molar-refractivity contribution in [2.75, 3.05) is 4.90 Å². The minimum absolute atomic E-state index is 0.0365. The largest absolute Gasteiger partial charge is 0.392 e. The Morgan fingerprint density at radius 1 is 0.500 bits per heavy atom. The third-order valence-electron chi connectivity index (χ3n) is 12.5. The highest BCUT2D eigenvalue weighted by atomic mass is 16.3. The Labute approximate surface area is 410 Å². The number of fused-ring (bicyclic) bond motifs is 1. The number of hydrogen-bond donors (Lipinski definition) is 1. The zero-order valence-electron chi connectivity index (χ0n) is 39.0. The normalized spacial score (nSPS) is 11.2. The summed E-state index contributed by atoms with van der Waals surface area (Å²) >= 11 is 0. The number of aliphatic hydroxyl groups is 1. The molecule has 0 aliphatic carbocycles. The van der Waals surface area contributed by atoms with E-state index in [-0.39, 0.29) is 6.61 Å². The lowest BCUT2D eigenvalue weighted by Gasteiger charge is -2.28. The zero-order chi connectivity index (χ0) is 47.5. The molecular formula is C66H51N3O. The molecule has 0 fully saturated rings. The summed E-state index contributed by atoms with van der Waals surface area (Å²) in [6, 6.07) is 78.8. The molecule has 1 N–H and O–H groups in total. The van der Waals surface area contributed by atoms with Gasteiger partial charge in [0.2, 0.25) is 0 Å². The van der Waals surface area contributed by atoms with Gasteiger partial charge in [-0.25, -0.2) is 0 Å². The van der Waals surface area contributed by atoms with Crippen molar-refractivity contribution in [2.24, 2.45) is 0 Å². The molecule has 0 amide bonds. The van der Waals surface area contributed by atoms with Gasteiger partial charge in [-0.1, -0.05) is 194 Å². The molecule has 0 spiro atoms. The summed E-state index contributed by atoms with van der Waals surface area (Å²) in [5.74, 6) is 0. The van der Waals surface area contributed by atoms with Crippen molar-refractivity contribution in [1.29, 1.82) is 0 Å². The summed E-state index contributed by atoms with van der Waals surface area (Å²) < 4.78 is 0. The summed E-state index contributed by atoms with van der Waals surface area (Å²) in [6.45, 7) is 2.00. The number of allylic oxidation sites excluding steroid dienone is 4. The highest BCUT2D eigenvalue weighted by Crippen LogP contribution is 2.43. The number of nitrogens with zero attached hydrogens (tertiary/aromatic N) is 3. The first kappa shape index (κ1) is 44.9. The molecule has 70 heavy (non-hydrogen) atoms. The van der Waals surface area contributed by atoms with Crippen molar-refractivity contribution >= 4 is 56.7 Å². The molecular weight excluding hydrogens is 851 g/mol. The predicted molar refractivity (Wildman–Crippen MR) is 294 cm³/mol. The van der Waals surface area contributed by atoms with E-state index in [0.717, 1.165) is 94.8 Å². The Hall–Kier alpha value is -8.96. The van der Waals surface area contributed by atoms with E-state index in [2.05, 4.69) is 258 Å². The number of rotatable bonds is 14. The minimum atomic E-state index is -0.0365. The zero-order valence-corrected chi connectivity index (χ0v) is 39.0. The molecule has 336 valence electrons. The molecule has 2 heterocycles. The topological polar surface area (TPSA) is 49.2 Å². The van der Waals surface area contributed by atoms with Gasteiger partial charge < -0.3 is 10.0 Å². The lowest BCUT2D eigenvalue weighted by atomic mass is 9.89. The predicted octanol–water partition coefficient (Wildman–Crippen LogP) is 16.4. The van der Waals surface area contributed by atoms with Crippen molar-refractivity contribution in [3.8, 4) is 11.1 Å². The van der Waals surface area contributed by atoms with Crippen molar-refractivity contribution in [3.05, 3.63) is 311 Å². The van der Waals surface area contributed by atoms with Gasteiger partial charge in [0.1, 0.15) is 0 Å². The number of benzene rings is 8. The quantitative estimate of drug-likeness (QED) is 0.110. The SMILES string of the molecule is Cc1cc(-c2cccc3c(N(c4ccc(/C=C/C=C(c5ccccc5)c5ccccc5)cc4)c4ccc(CO)cc4)cc(/C=C/C(=C(c4ccccc4)c4ccccc4)c4ccncc4)cc23)ccn1. The van der Waals surface area contributed by atoms with Gasteiger partial charge in [-0.2, -0.15) is 0 Å². The van der Waals surface area contributed by atoms with Crippen LogP contribution in [-0.4, -0.2) is 15.1 Å². The maximum atomic E-state index is 10.1. The van der Waals surface area contributed by atoms with Crippen LogP contribution in [0.2, 0.25) is 0 Å². The van der Waals surface area contributed by atoms with Gasteiger partial charge in [-0.3, -0.25) is 9.97 Å². The van der Waals surface area contributed by atoms with E-state index in [0.29, 0.717) is 0 Å². The number of aryl methyl sites for hydroxylation is 1. The molecule has 0 bridgehead atoms. The average molecular weight is 902 g/mol. The molecule has 0 saturated heterocycles. The molecule has 10 rings (SSSR count). The fourth-order valence-corrected chi connectivity index (χ4v) is 9.12. The van der Waals surface area contributed by atoms with Crippen molar-refractivity contribution in [1.82, 2.24) is 9.97 Å². The van der Waals surface area contributed by atoms with Crippen LogP contribution in [0.25, 0.3) is 50.8 Å². The Bertz CT molecular complexity index is 3390. The minimum Gasteiger partial charge on any atom is -0.392 e. The number of anilines is 3. The molecule has 0 saturated carbocycles. The van der Waals surface area contributed by atoms with Crippen molar-refractivity contribution < 1.29 is 5.11 Å². The second kappa shape index (κ2) is 21.3. The van der Waals surface area contributed by atoms with Gasteiger partial charge in [0.25, 0.3) is 0 Å². The summed E-state index contributed by atoms with van der Waals surface area (Å²) in [5, 5.41) is 12.3. The fourth-order valence-electron chi connectivity index (χ4n) is 9.12. The van der Waals surface area contributed by atoms with Crippen LogP contribution in [0.4, 0.5) is 17.1 Å². The first-order chi connectivity index (χ1) is 34.6. The standard InChI is InChI=1S/C66H51N3O/c1-48-44-57(40-43-68-48)61-26-15-27-63-64(61)45-51(32-37-62(54-38-41-67-42-39-54)66(55-21-10-4-11-22-55)56-23-12-5-13-24-56)46-65(63)69(59-35-30-50(47-70)31-36-59)58-33-28-49(29-34-58)16-14-25-60(52-17-6-2-7-18-52)53-19-8-3-9-20-53/h2-46,70H,47H2,1H3/b16-14+,37-32+. The third kappa shape index (κ3) is 10.1. The molecule has 10 aromatic rings. The number of pyridine rings is 2.